The van der Waals surface area contributed by atoms with Crippen LogP contribution in [0, 0.1) is 0 Å². The van der Waals surface area contributed by atoms with Crippen molar-refractivity contribution in [3.05, 3.63) is 28.1 Å². The summed E-state index contributed by atoms with van der Waals surface area (Å²) in [5, 5.41) is 2.58. The van der Waals surface area contributed by atoms with Crippen molar-refractivity contribution in [1.82, 2.24) is 14.7 Å². The molecule has 0 aromatic carbocycles. The molecule has 0 aliphatic carbocycles. The molecule has 0 atom stereocenters. The first-order chi connectivity index (χ1) is 10.7. The van der Waals surface area contributed by atoms with Crippen LogP contribution < -0.4 is 0 Å². The zero-order valence-corrected chi connectivity index (χ0v) is 14.2. The van der Waals surface area contributed by atoms with Gasteiger partial charge in [0.05, 0.1) is 13.2 Å². The molecular formula is C15H19N3O2S2. The van der Waals surface area contributed by atoms with E-state index in [9.17, 15) is 4.79 Å². The molecule has 0 radical (unpaired) electrons. The van der Waals surface area contributed by atoms with Crippen LogP contribution in [0.25, 0.3) is 6.08 Å². The summed E-state index contributed by atoms with van der Waals surface area (Å²) in [5.41, 5.74) is 0.648. The average Bonchev–Trinajstić information content (AvgIpc) is 3.11. The summed E-state index contributed by atoms with van der Waals surface area (Å²) in [4.78, 5) is 19.5. The SMILES string of the molecule is CN1C(=S)N(CCN2CCOCC2)C(=O)/C1=C\c1cccs1. The molecule has 0 N–H and O–H groups in total. The quantitative estimate of drug-likeness (QED) is 0.614. The number of amides is 1. The highest BCUT2D eigenvalue weighted by Crippen LogP contribution is 2.23. The second kappa shape index (κ2) is 6.87. The summed E-state index contributed by atoms with van der Waals surface area (Å²) in [5.74, 6) is -0.00541. The third kappa shape index (κ3) is 3.22. The van der Waals surface area contributed by atoms with Crippen LogP contribution in [0.15, 0.2) is 23.2 Å². The fraction of sp³-hybridized carbons (Fsp3) is 0.467. The van der Waals surface area contributed by atoms with Gasteiger partial charge in [-0.15, -0.1) is 11.3 Å². The Morgan fingerprint density at radius 3 is 2.82 bits per heavy atom. The molecule has 2 saturated heterocycles. The molecule has 7 heteroatoms. The van der Waals surface area contributed by atoms with Gasteiger partial charge in [0.25, 0.3) is 5.91 Å². The van der Waals surface area contributed by atoms with Crippen molar-refractivity contribution in [1.29, 1.82) is 0 Å². The van der Waals surface area contributed by atoms with Crippen molar-refractivity contribution < 1.29 is 9.53 Å². The molecule has 0 bridgehead atoms. The Morgan fingerprint density at radius 1 is 1.36 bits per heavy atom. The van der Waals surface area contributed by atoms with Crippen molar-refractivity contribution in [2.75, 3.05) is 46.4 Å². The minimum atomic E-state index is -0.00541. The maximum atomic E-state index is 12.6. The van der Waals surface area contributed by atoms with Crippen LogP contribution in [0.3, 0.4) is 0 Å². The van der Waals surface area contributed by atoms with Crippen LogP contribution in [0.5, 0.6) is 0 Å². The molecule has 0 unspecified atom stereocenters. The van der Waals surface area contributed by atoms with E-state index in [0.29, 0.717) is 17.4 Å². The van der Waals surface area contributed by atoms with Crippen molar-refractivity contribution in [3.63, 3.8) is 0 Å². The van der Waals surface area contributed by atoms with E-state index in [0.717, 1.165) is 37.7 Å². The number of ether oxygens (including phenoxy) is 1. The monoisotopic (exact) mass is 337 g/mol. The van der Waals surface area contributed by atoms with Gasteiger partial charge in [0, 0.05) is 38.1 Å². The molecular weight excluding hydrogens is 318 g/mol. The van der Waals surface area contributed by atoms with E-state index in [1.54, 1.807) is 21.1 Å². The highest BCUT2D eigenvalue weighted by atomic mass is 32.1. The van der Waals surface area contributed by atoms with Gasteiger partial charge in [-0.1, -0.05) is 6.07 Å². The van der Waals surface area contributed by atoms with E-state index < -0.39 is 0 Å². The number of thiophene rings is 1. The molecule has 118 valence electrons. The van der Waals surface area contributed by atoms with Crippen molar-refractivity contribution in [2.24, 2.45) is 0 Å². The zero-order valence-electron chi connectivity index (χ0n) is 12.5. The summed E-state index contributed by atoms with van der Waals surface area (Å²) in [6.45, 7) is 4.83. The number of thiocarbonyl (C=S) groups is 1. The predicted octanol–water partition coefficient (Wildman–Crippen LogP) is 1.48. The molecule has 0 spiro atoms. The molecule has 2 aliphatic rings. The number of carbonyl (C=O) groups excluding carboxylic acids is 1. The van der Waals surface area contributed by atoms with Crippen LogP contribution in [0.2, 0.25) is 0 Å². The van der Waals surface area contributed by atoms with Gasteiger partial charge in [-0.2, -0.15) is 0 Å². The lowest BCUT2D eigenvalue weighted by molar-refractivity contribution is -0.122. The fourth-order valence-corrected chi connectivity index (χ4v) is 3.51. The Labute approximate surface area is 139 Å². The van der Waals surface area contributed by atoms with Gasteiger partial charge < -0.3 is 9.64 Å². The van der Waals surface area contributed by atoms with Gasteiger partial charge in [0.15, 0.2) is 5.11 Å². The van der Waals surface area contributed by atoms with E-state index in [1.807, 2.05) is 30.6 Å². The summed E-state index contributed by atoms with van der Waals surface area (Å²) < 4.78 is 5.34. The molecule has 5 nitrogen and oxygen atoms in total. The molecule has 1 aromatic rings. The van der Waals surface area contributed by atoms with Gasteiger partial charge in [0.1, 0.15) is 5.70 Å². The minimum Gasteiger partial charge on any atom is -0.379 e. The first-order valence-electron chi connectivity index (χ1n) is 7.31. The Balaban J connectivity index is 1.67. The van der Waals surface area contributed by atoms with E-state index >= 15 is 0 Å². The van der Waals surface area contributed by atoms with Gasteiger partial charge in [-0.25, -0.2) is 0 Å². The second-order valence-corrected chi connectivity index (χ2v) is 6.64. The van der Waals surface area contributed by atoms with Gasteiger partial charge in [-0.3, -0.25) is 14.6 Å². The van der Waals surface area contributed by atoms with Crippen molar-refractivity contribution in [2.45, 2.75) is 0 Å². The van der Waals surface area contributed by atoms with Crippen LogP contribution in [0.1, 0.15) is 4.88 Å². The van der Waals surface area contributed by atoms with Crippen LogP contribution in [0.4, 0.5) is 0 Å². The molecule has 0 saturated carbocycles. The molecule has 3 rings (SSSR count). The number of carbonyl (C=O) groups is 1. The maximum Gasteiger partial charge on any atom is 0.276 e. The van der Waals surface area contributed by atoms with Crippen LogP contribution >= 0.6 is 23.6 Å². The largest absolute Gasteiger partial charge is 0.379 e. The first-order valence-corrected chi connectivity index (χ1v) is 8.60. The topological polar surface area (TPSA) is 36.0 Å². The second-order valence-electron chi connectivity index (χ2n) is 5.30. The first kappa shape index (κ1) is 15.6. The summed E-state index contributed by atoms with van der Waals surface area (Å²) in [7, 11) is 1.86. The smallest absolute Gasteiger partial charge is 0.276 e. The molecule has 3 heterocycles. The highest BCUT2D eigenvalue weighted by Gasteiger charge is 2.35. The standard InChI is InChI=1S/C15H19N3O2S2/c1-16-13(11-12-3-2-10-22-12)14(19)18(15(16)21)5-4-17-6-8-20-9-7-17/h2-3,10-11H,4-9H2,1H3/b13-11+. The average molecular weight is 337 g/mol. The molecule has 2 fully saturated rings. The Morgan fingerprint density at radius 2 is 2.14 bits per heavy atom. The molecule has 1 aromatic heterocycles. The lowest BCUT2D eigenvalue weighted by Gasteiger charge is -2.28. The number of morpholine rings is 1. The van der Waals surface area contributed by atoms with Gasteiger partial charge in [-0.05, 0) is 29.7 Å². The normalized spacial score (nSPS) is 22.1. The predicted molar refractivity (Wildman–Crippen MR) is 91.6 cm³/mol. The third-order valence-corrected chi connectivity index (χ3v) is 5.22. The number of likely N-dealkylation sites (N-methyl/N-ethyl adjacent to an activating group) is 1. The number of hydrogen-bond donors (Lipinski definition) is 0. The van der Waals surface area contributed by atoms with Crippen LogP contribution in [-0.2, 0) is 9.53 Å². The van der Waals surface area contributed by atoms with Gasteiger partial charge in [0.2, 0.25) is 0 Å². The lowest BCUT2D eigenvalue weighted by Crippen LogP contribution is -2.43. The van der Waals surface area contributed by atoms with E-state index in [4.69, 9.17) is 17.0 Å². The van der Waals surface area contributed by atoms with Crippen molar-refractivity contribution in [3.8, 4) is 0 Å². The number of rotatable bonds is 4. The molecule has 22 heavy (non-hydrogen) atoms. The van der Waals surface area contributed by atoms with E-state index in [2.05, 4.69) is 4.90 Å². The lowest BCUT2D eigenvalue weighted by atomic mass is 10.3. The fourth-order valence-electron chi connectivity index (χ4n) is 2.58. The van der Waals surface area contributed by atoms with E-state index in [-0.39, 0.29) is 5.91 Å². The Bertz CT molecular complexity index is 580. The summed E-state index contributed by atoms with van der Waals surface area (Å²) >= 11 is 7.04. The minimum absolute atomic E-state index is 0.00541. The van der Waals surface area contributed by atoms with E-state index in [1.165, 1.54) is 0 Å². The molecule has 2 aliphatic heterocycles. The third-order valence-electron chi connectivity index (χ3n) is 3.91. The molecule has 1 amide bonds. The number of nitrogens with zero attached hydrogens (tertiary/aromatic N) is 3. The summed E-state index contributed by atoms with van der Waals surface area (Å²) in [6.07, 6.45) is 1.91. The van der Waals surface area contributed by atoms with Gasteiger partial charge >= 0.3 is 0 Å². The number of hydrogen-bond acceptors (Lipinski definition) is 5. The zero-order chi connectivity index (χ0) is 15.5. The highest BCUT2D eigenvalue weighted by molar-refractivity contribution is 7.80. The Hall–Kier alpha value is -1.28. The summed E-state index contributed by atoms with van der Waals surface area (Å²) in [6, 6.07) is 3.98. The maximum absolute atomic E-state index is 12.6. The van der Waals surface area contributed by atoms with Crippen LogP contribution in [-0.4, -0.2) is 72.2 Å². The van der Waals surface area contributed by atoms with Crippen molar-refractivity contribution >= 4 is 40.7 Å². The Kier molecular flexibility index (Phi) is 4.87.